The number of nitrogens with one attached hydrogen (secondary N) is 2. The van der Waals surface area contributed by atoms with Crippen LogP contribution in [0.1, 0.15) is 130 Å². The number of imidazole rings is 2. The van der Waals surface area contributed by atoms with Crippen LogP contribution in [0.2, 0.25) is 0 Å². The van der Waals surface area contributed by atoms with Gasteiger partial charge in [0.25, 0.3) is 0 Å². The largest absolute Gasteiger partial charge is 0.494 e. The fraction of sp³-hybridized carbons (Fsp3) is 0.596. The van der Waals surface area contributed by atoms with Crippen LogP contribution in [-0.2, 0) is 37.7 Å². The molecule has 3 amide bonds. The Bertz CT molecular complexity index is 2620. The molecule has 7 unspecified atom stereocenters. The standard InChI is InChI=1S/C52H67B2N7O10/c1-49(2)50(3,4)69-53(68-49)35-16-10-30(11-17-35)39-28-55-44(57-39)41-33-14-20-37(26-33)59(41)46(62)43(32-22-24-66-25-23-32)61(48(64)65-9)67-47(63)60-38-21-15-34(27-38)42(60)45-56-29-40(58-45)31-12-18-36(19-13-31)54-70-51(5,6)52(7,8)71-54/h10-13,16-19,28-29,32-34,37-38,41-43H,14-15,20-27H2,1-9H3,(H,55,57)(H,56,58). The van der Waals surface area contributed by atoms with Gasteiger partial charge in [-0.1, -0.05) is 48.5 Å². The van der Waals surface area contributed by atoms with Gasteiger partial charge in [-0.2, -0.15) is 0 Å². The number of carbonyl (C=O) groups is 3. The molecule has 2 aromatic carbocycles. The average Bonchev–Trinajstić information content (AvgIpc) is 4.23. The summed E-state index contributed by atoms with van der Waals surface area (Å²) in [5.41, 5.74) is 3.50. The van der Waals surface area contributed by atoms with Gasteiger partial charge in [0, 0.05) is 25.3 Å². The van der Waals surface area contributed by atoms with Crippen LogP contribution in [-0.4, -0.2) is 128 Å². The Morgan fingerprint density at radius 2 is 1.08 bits per heavy atom. The van der Waals surface area contributed by atoms with Gasteiger partial charge in [0.2, 0.25) is 5.91 Å². The molecule has 5 saturated heterocycles. The van der Waals surface area contributed by atoms with Gasteiger partial charge >= 0.3 is 26.4 Å². The molecule has 2 aliphatic carbocycles. The van der Waals surface area contributed by atoms with Gasteiger partial charge in [0.15, 0.2) is 6.04 Å². The predicted molar refractivity (Wildman–Crippen MR) is 264 cm³/mol. The predicted octanol–water partition coefficient (Wildman–Crippen LogP) is 7.26. The molecule has 5 aliphatic heterocycles. The van der Waals surface area contributed by atoms with Crippen LogP contribution in [0.4, 0.5) is 9.59 Å². The van der Waals surface area contributed by atoms with Crippen molar-refractivity contribution in [3.05, 3.63) is 72.6 Å². The first-order valence-corrected chi connectivity index (χ1v) is 25.6. The number of hydroxylamine groups is 2. The topological polar surface area (TPSA) is 183 Å². The second-order valence-corrected chi connectivity index (χ2v) is 22.8. The van der Waals surface area contributed by atoms with Crippen molar-refractivity contribution in [1.29, 1.82) is 0 Å². The quantitative estimate of drug-likeness (QED) is 0.127. The third-order valence-corrected chi connectivity index (χ3v) is 17.6. The van der Waals surface area contributed by atoms with E-state index in [2.05, 4.69) is 9.97 Å². The molecule has 7 atom stereocenters. The molecular weight excluding hydrogens is 904 g/mol. The molecule has 11 rings (SSSR count). The fourth-order valence-electron chi connectivity index (χ4n) is 12.2. The second kappa shape index (κ2) is 17.8. The molecule has 0 spiro atoms. The monoisotopic (exact) mass is 972 g/mol. The minimum atomic E-state index is -1.16. The number of rotatable bonds is 9. The number of nitrogens with zero attached hydrogens (tertiary/aromatic N) is 5. The van der Waals surface area contributed by atoms with Gasteiger partial charge in [-0.05, 0) is 147 Å². The smallest absolute Gasteiger partial charge is 0.451 e. The first-order chi connectivity index (χ1) is 33.8. The summed E-state index contributed by atoms with van der Waals surface area (Å²) >= 11 is 0. The number of fused-ring (bicyclic) bond motifs is 4. The Morgan fingerprint density at radius 1 is 0.648 bits per heavy atom. The van der Waals surface area contributed by atoms with Crippen molar-refractivity contribution in [2.75, 3.05) is 20.3 Å². The van der Waals surface area contributed by atoms with Crippen LogP contribution >= 0.6 is 0 Å². The molecule has 71 heavy (non-hydrogen) atoms. The number of carbonyl (C=O) groups excluding carboxylic acids is 3. The lowest BCUT2D eigenvalue weighted by molar-refractivity contribution is -0.172. The van der Waals surface area contributed by atoms with E-state index in [4.69, 9.17) is 42.9 Å². The summed E-state index contributed by atoms with van der Waals surface area (Å²) in [4.78, 5) is 71.2. The Labute approximate surface area is 416 Å². The van der Waals surface area contributed by atoms with Crippen molar-refractivity contribution < 1.29 is 47.3 Å². The number of likely N-dealkylation sites (tertiary alicyclic amines) is 2. The zero-order chi connectivity index (χ0) is 49.8. The first kappa shape index (κ1) is 48.1. The third-order valence-electron chi connectivity index (χ3n) is 17.6. The highest BCUT2D eigenvalue weighted by atomic mass is 16.8. The van der Waals surface area contributed by atoms with Crippen LogP contribution in [0.25, 0.3) is 22.5 Å². The number of hydrogen-bond donors (Lipinski definition) is 2. The van der Waals surface area contributed by atoms with Crippen LogP contribution in [0.3, 0.4) is 0 Å². The van der Waals surface area contributed by atoms with E-state index in [1.807, 2.05) is 115 Å². The zero-order valence-corrected chi connectivity index (χ0v) is 42.4. The summed E-state index contributed by atoms with van der Waals surface area (Å²) in [7, 11) is 0.287. The van der Waals surface area contributed by atoms with Crippen LogP contribution in [0, 0.1) is 17.8 Å². The Kier molecular flexibility index (Phi) is 12.0. The minimum absolute atomic E-state index is 0.0745. The number of H-pyrrole nitrogens is 2. The van der Waals surface area contributed by atoms with Crippen LogP contribution in [0.5, 0.6) is 0 Å². The molecule has 2 aromatic heterocycles. The highest BCUT2D eigenvalue weighted by Gasteiger charge is 2.57. The normalized spacial score (nSPS) is 28.5. The highest BCUT2D eigenvalue weighted by Crippen LogP contribution is 2.52. The number of methoxy groups -OCH3 is 1. The molecule has 7 aliphatic rings. The maximum atomic E-state index is 15.6. The summed E-state index contributed by atoms with van der Waals surface area (Å²) < 4.78 is 36.3. The molecule has 2 saturated carbocycles. The number of aromatic amines is 2. The van der Waals surface area contributed by atoms with Crippen molar-refractivity contribution in [2.24, 2.45) is 17.8 Å². The summed E-state index contributed by atoms with van der Waals surface area (Å²) in [6, 6.07) is 13.9. The lowest BCUT2D eigenvalue weighted by Gasteiger charge is -2.42. The lowest BCUT2D eigenvalue weighted by Crippen LogP contribution is -2.58. The van der Waals surface area contributed by atoms with Crippen LogP contribution < -0.4 is 10.9 Å². The van der Waals surface area contributed by atoms with Crippen molar-refractivity contribution >= 4 is 43.3 Å². The fourth-order valence-corrected chi connectivity index (χ4v) is 12.2. The molecule has 19 heteroatoms. The Balaban J connectivity index is 0.835. The molecular formula is C52H67B2N7O10. The summed E-state index contributed by atoms with van der Waals surface area (Å²) in [5.74, 6) is 0.936. The van der Waals surface area contributed by atoms with Gasteiger partial charge in [0.1, 0.15) is 11.6 Å². The van der Waals surface area contributed by atoms with Gasteiger partial charge in [-0.15, -0.1) is 5.06 Å². The van der Waals surface area contributed by atoms with Gasteiger partial charge in [0.05, 0.1) is 65.4 Å². The molecule has 2 N–H and O–H groups in total. The average molecular weight is 972 g/mol. The maximum absolute atomic E-state index is 15.6. The SMILES string of the molecule is COC(=O)N(OC(=O)N1C2CCC(C2)C1c1ncc(-c2ccc(B3OC(C)(C)C(C)(C)O3)cc2)[nH]1)C(C(=O)N1C2CCC(C2)C1c1ncc(-c2ccc(B3OC(C)(C)C(C)(C)O3)cc2)[nH]1)C1CCOCC1. The molecule has 7 heterocycles. The molecule has 17 nitrogen and oxygen atoms in total. The zero-order valence-electron chi connectivity index (χ0n) is 42.4. The summed E-state index contributed by atoms with van der Waals surface area (Å²) in [6.45, 7) is 17.1. The minimum Gasteiger partial charge on any atom is -0.451 e. The van der Waals surface area contributed by atoms with Crippen LogP contribution in [0.15, 0.2) is 60.9 Å². The van der Waals surface area contributed by atoms with E-state index in [1.54, 1.807) is 11.1 Å². The van der Waals surface area contributed by atoms with E-state index < -0.39 is 60.9 Å². The Hall–Kier alpha value is -5.20. The van der Waals surface area contributed by atoms with Gasteiger partial charge < -0.3 is 47.8 Å². The van der Waals surface area contributed by atoms with E-state index in [9.17, 15) is 9.59 Å². The summed E-state index contributed by atoms with van der Waals surface area (Å²) in [5, 5.41) is 0.928. The number of hydrogen-bond acceptors (Lipinski definition) is 12. The lowest BCUT2D eigenvalue weighted by atomic mass is 9.79. The van der Waals surface area contributed by atoms with Crippen molar-refractivity contribution in [1.82, 2.24) is 34.8 Å². The second-order valence-electron chi connectivity index (χ2n) is 22.8. The molecule has 4 aromatic rings. The Morgan fingerprint density at radius 3 is 1.54 bits per heavy atom. The van der Waals surface area contributed by atoms with Gasteiger partial charge in [-0.3, -0.25) is 9.69 Å². The van der Waals surface area contributed by atoms with Crippen molar-refractivity contribution in [3.8, 4) is 22.5 Å². The number of amides is 3. The molecule has 7 fully saturated rings. The van der Waals surface area contributed by atoms with E-state index in [0.717, 1.165) is 77.0 Å². The van der Waals surface area contributed by atoms with E-state index in [0.29, 0.717) is 37.7 Å². The van der Waals surface area contributed by atoms with Crippen molar-refractivity contribution in [3.63, 3.8) is 0 Å². The highest BCUT2D eigenvalue weighted by molar-refractivity contribution is 6.62. The molecule has 0 radical (unpaired) electrons. The number of piperidine rings is 2. The first-order valence-electron chi connectivity index (χ1n) is 25.6. The van der Waals surface area contributed by atoms with Crippen molar-refractivity contribution in [2.45, 2.75) is 159 Å². The van der Waals surface area contributed by atoms with E-state index in [1.165, 1.54) is 7.11 Å². The number of aromatic nitrogens is 4. The molecule has 376 valence electrons. The summed E-state index contributed by atoms with van der Waals surface area (Å²) in [6.07, 6.45) is 8.00. The van der Waals surface area contributed by atoms with Gasteiger partial charge in [-0.25, -0.2) is 19.6 Å². The third kappa shape index (κ3) is 8.36. The number of ether oxygens (including phenoxy) is 2. The maximum Gasteiger partial charge on any atom is 0.494 e. The number of benzene rings is 2. The van der Waals surface area contributed by atoms with E-state index in [-0.39, 0.29) is 41.8 Å². The van der Waals surface area contributed by atoms with E-state index >= 15 is 4.79 Å². The molecule has 4 bridgehead atoms.